The zero-order valence-electron chi connectivity index (χ0n) is 11.5. The standard InChI is InChI=1S/C13H24N2O2S/c1-4-13(5-2)10(6-11(13)17-3)15-12(16)9-7-18-8-14-9/h9-11,14H,4-8H2,1-3H3,(H,15,16)/t9-,10+,11+/m1/s1. The van der Waals surface area contributed by atoms with Crippen LogP contribution in [0.15, 0.2) is 0 Å². The molecule has 1 saturated carbocycles. The molecule has 0 aromatic carbocycles. The van der Waals surface area contributed by atoms with E-state index in [4.69, 9.17) is 4.74 Å². The molecule has 4 nitrogen and oxygen atoms in total. The lowest BCUT2D eigenvalue weighted by Gasteiger charge is -2.55. The van der Waals surface area contributed by atoms with Crippen molar-refractivity contribution in [3.63, 3.8) is 0 Å². The van der Waals surface area contributed by atoms with Crippen LogP contribution in [0.5, 0.6) is 0 Å². The Bertz CT molecular complexity index is 301. The minimum absolute atomic E-state index is 0.0111. The normalized spacial score (nSPS) is 34.1. The molecule has 2 aliphatic rings. The van der Waals surface area contributed by atoms with E-state index in [1.807, 2.05) is 0 Å². The van der Waals surface area contributed by atoms with Crippen molar-refractivity contribution in [2.75, 3.05) is 18.7 Å². The Kier molecular flexibility index (Phi) is 4.56. The fraction of sp³-hybridized carbons (Fsp3) is 0.923. The molecule has 0 unspecified atom stereocenters. The molecule has 5 heteroatoms. The van der Waals surface area contributed by atoms with Gasteiger partial charge in [-0.3, -0.25) is 10.1 Å². The topological polar surface area (TPSA) is 50.4 Å². The van der Waals surface area contributed by atoms with Gasteiger partial charge in [-0.05, 0) is 19.3 Å². The van der Waals surface area contributed by atoms with Gasteiger partial charge in [0.05, 0.1) is 12.1 Å². The van der Waals surface area contributed by atoms with Crippen LogP contribution in [-0.2, 0) is 9.53 Å². The first kappa shape index (κ1) is 14.2. The molecule has 1 amide bonds. The van der Waals surface area contributed by atoms with Gasteiger partial charge in [0.25, 0.3) is 0 Å². The summed E-state index contributed by atoms with van der Waals surface area (Å²) in [6.07, 6.45) is 3.35. The molecule has 1 aliphatic carbocycles. The van der Waals surface area contributed by atoms with Gasteiger partial charge >= 0.3 is 0 Å². The first-order valence-corrected chi connectivity index (χ1v) is 7.97. The molecule has 0 aromatic heterocycles. The van der Waals surface area contributed by atoms with Gasteiger partial charge in [-0.2, -0.15) is 0 Å². The molecule has 2 fully saturated rings. The highest BCUT2D eigenvalue weighted by Gasteiger charge is 2.53. The van der Waals surface area contributed by atoms with Crippen molar-refractivity contribution in [2.45, 2.75) is 51.3 Å². The van der Waals surface area contributed by atoms with Crippen molar-refractivity contribution in [1.29, 1.82) is 0 Å². The average molecular weight is 272 g/mol. The number of carbonyl (C=O) groups is 1. The van der Waals surface area contributed by atoms with Crippen LogP contribution < -0.4 is 10.6 Å². The molecular formula is C13H24N2O2S. The van der Waals surface area contributed by atoms with Crippen molar-refractivity contribution >= 4 is 17.7 Å². The minimum Gasteiger partial charge on any atom is -0.381 e. The highest BCUT2D eigenvalue weighted by Crippen LogP contribution is 2.48. The Morgan fingerprint density at radius 2 is 2.22 bits per heavy atom. The van der Waals surface area contributed by atoms with Crippen LogP contribution in [0.4, 0.5) is 0 Å². The van der Waals surface area contributed by atoms with Crippen molar-refractivity contribution < 1.29 is 9.53 Å². The summed E-state index contributed by atoms with van der Waals surface area (Å²) in [6.45, 7) is 4.38. The van der Waals surface area contributed by atoms with Crippen molar-refractivity contribution in [2.24, 2.45) is 5.41 Å². The van der Waals surface area contributed by atoms with Gasteiger partial charge in [0.1, 0.15) is 0 Å². The first-order chi connectivity index (χ1) is 8.67. The van der Waals surface area contributed by atoms with Gasteiger partial charge in [-0.15, -0.1) is 11.8 Å². The monoisotopic (exact) mass is 272 g/mol. The van der Waals surface area contributed by atoms with Crippen LogP contribution in [0.2, 0.25) is 0 Å². The maximum Gasteiger partial charge on any atom is 0.238 e. The fourth-order valence-electron chi connectivity index (χ4n) is 3.32. The molecule has 2 rings (SSSR count). The third-order valence-corrected chi connectivity index (χ3v) is 5.68. The lowest BCUT2D eigenvalue weighted by molar-refractivity contribution is -0.142. The number of nitrogens with one attached hydrogen (secondary N) is 2. The van der Waals surface area contributed by atoms with Gasteiger partial charge in [0.15, 0.2) is 0 Å². The summed E-state index contributed by atoms with van der Waals surface area (Å²) < 4.78 is 5.55. The molecule has 2 N–H and O–H groups in total. The van der Waals surface area contributed by atoms with Gasteiger partial charge in [-0.1, -0.05) is 13.8 Å². The number of amides is 1. The summed E-state index contributed by atoms with van der Waals surface area (Å²) in [7, 11) is 1.78. The Morgan fingerprint density at radius 3 is 2.72 bits per heavy atom. The van der Waals surface area contributed by atoms with Crippen LogP contribution in [0.25, 0.3) is 0 Å². The summed E-state index contributed by atoms with van der Waals surface area (Å²) in [5, 5.41) is 6.44. The van der Waals surface area contributed by atoms with Crippen molar-refractivity contribution in [3.05, 3.63) is 0 Å². The van der Waals surface area contributed by atoms with E-state index in [9.17, 15) is 4.79 Å². The summed E-state index contributed by atoms with van der Waals surface area (Å²) >= 11 is 1.78. The maximum absolute atomic E-state index is 12.1. The zero-order valence-corrected chi connectivity index (χ0v) is 12.3. The van der Waals surface area contributed by atoms with Crippen LogP contribution in [0.1, 0.15) is 33.1 Å². The van der Waals surface area contributed by atoms with Crippen LogP contribution in [0, 0.1) is 5.41 Å². The molecule has 0 radical (unpaired) electrons. The predicted molar refractivity (Wildman–Crippen MR) is 74.6 cm³/mol. The van der Waals surface area contributed by atoms with E-state index in [0.717, 1.165) is 30.9 Å². The van der Waals surface area contributed by atoms with E-state index < -0.39 is 0 Å². The van der Waals surface area contributed by atoms with Gasteiger partial charge in [-0.25, -0.2) is 0 Å². The number of methoxy groups -OCH3 is 1. The number of ether oxygens (including phenoxy) is 1. The lowest BCUT2D eigenvalue weighted by atomic mass is 9.58. The van der Waals surface area contributed by atoms with Crippen LogP contribution in [-0.4, -0.2) is 42.8 Å². The van der Waals surface area contributed by atoms with Crippen molar-refractivity contribution in [3.8, 4) is 0 Å². The first-order valence-electron chi connectivity index (χ1n) is 6.82. The number of thioether (sulfide) groups is 1. The lowest BCUT2D eigenvalue weighted by Crippen LogP contribution is -2.65. The van der Waals surface area contributed by atoms with Gasteiger partial charge in [0.2, 0.25) is 5.91 Å². The largest absolute Gasteiger partial charge is 0.381 e. The summed E-state index contributed by atoms with van der Waals surface area (Å²) in [5.41, 5.74) is 0.135. The Hall–Kier alpha value is -0.260. The number of hydrogen-bond acceptors (Lipinski definition) is 4. The molecule has 0 aromatic rings. The molecule has 3 atom stereocenters. The molecule has 104 valence electrons. The highest BCUT2D eigenvalue weighted by molar-refractivity contribution is 7.99. The van der Waals surface area contributed by atoms with Gasteiger partial charge in [0, 0.05) is 30.2 Å². The van der Waals surface area contributed by atoms with E-state index in [-0.39, 0.29) is 23.4 Å². The fourth-order valence-corrected chi connectivity index (χ4v) is 4.26. The molecule has 0 bridgehead atoms. The minimum atomic E-state index is -0.0111. The number of hydrogen-bond donors (Lipinski definition) is 2. The maximum atomic E-state index is 12.1. The molecule has 1 aliphatic heterocycles. The second-order valence-electron chi connectivity index (χ2n) is 5.23. The summed E-state index contributed by atoms with van der Waals surface area (Å²) in [5.74, 6) is 1.93. The molecule has 1 saturated heterocycles. The average Bonchev–Trinajstić information content (AvgIpc) is 2.89. The van der Waals surface area contributed by atoms with Gasteiger partial charge < -0.3 is 10.1 Å². The SMILES string of the molecule is CCC1(CC)[C@@H](NC(=O)[C@H]2CSCN2)C[C@@H]1OC. The Balaban J connectivity index is 1.95. The van der Waals surface area contributed by atoms with E-state index in [1.165, 1.54) is 0 Å². The van der Waals surface area contributed by atoms with E-state index in [2.05, 4.69) is 24.5 Å². The Morgan fingerprint density at radius 1 is 1.50 bits per heavy atom. The number of rotatable bonds is 5. The smallest absolute Gasteiger partial charge is 0.238 e. The van der Waals surface area contributed by atoms with Crippen molar-refractivity contribution in [1.82, 2.24) is 10.6 Å². The predicted octanol–water partition coefficient (Wildman–Crippen LogP) is 1.36. The Labute approximate surface area is 114 Å². The summed E-state index contributed by atoms with van der Waals surface area (Å²) in [4.78, 5) is 12.1. The molecule has 0 spiro atoms. The highest BCUT2D eigenvalue weighted by atomic mass is 32.2. The van der Waals surface area contributed by atoms with E-state index >= 15 is 0 Å². The zero-order chi connectivity index (χ0) is 13.2. The van der Waals surface area contributed by atoms with Crippen LogP contribution >= 0.6 is 11.8 Å². The molecule has 1 heterocycles. The second kappa shape index (κ2) is 5.80. The van der Waals surface area contributed by atoms with Crippen LogP contribution in [0.3, 0.4) is 0 Å². The van der Waals surface area contributed by atoms with E-state index in [1.54, 1.807) is 18.9 Å². The quantitative estimate of drug-likeness (QED) is 0.793. The third kappa shape index (κ3) is 2.28. The molecule has 18 heavy (non-hydrogen) atoms. The third-order valence-electron chi connectivity index (χ3n) is 4.74. The van der Waals surface area contributed by atoms with E-state index in [0.29, 0.717) is 6.10 Å². The second-order valence-corrected chi connectivity index (χ2v) is 6.26. The number of carbonyl (C=O) groups excluding carboxylic acids is 1. The summed E-state index contributed by atoms with van der Waals surface area (Å²) in [6, 6.07) is 0.264. The molecular weight excluding hydrogens is 248 g/mol.